The number of rotatable bonds is 2. The minimum absolute atomic E-state index is 0.101. The predicted octanol–water partition coefficient (Wildman–Crippen LogP) is 4.01. The van der Waals surface area contributed by atoms with Crippen molar-refractivity contribution in [3.05, 3.63) is 69.7 Å². The second kappa shape index (κ2) is 6.54. The van der Waals surface area contributed by atoms with Crippen LogP contribution in [0.25, 0.3) is 0 Å². The number of hydrogen-bond donors (Lipinski definition) is 3. The van der Waals surface area contributed by atoms with Crippen LogP contribution in [-0.2, 0) is 15.0 Å². The zero-order valence-corrected chi connectivity index (χ0v) is 16.7. The topological polar surface area (TPSA) is 84.2 Å². The number of nitrogens with one attached hydrogen (secondary N) is 2. The lowest BCUT2D eigenvalue weighted by atomic mass is 9.59. The summed E-state index contributed by atoms with van der Waals surface area (Å²) in [6, 6.07) is 9.81. The fourth-order valence-corrected chi connectivity index (χ4v) is 4.91. The lowest BCUT2D eigenvalue weighted by Crippen LogP contribution is -2.62. The van der Waals surface area contributed by atoms with Crippen molar-refractivity contribution in [2.24, 2.45) is 0 Å². The molecule has 28 heavy (non-hydrogen) atoms. The molecule has 2 amide bonds. The largest absolute Gasteiger partial charge is 0.398 e. The molecule has 0 saturated carbocycles. The molecule has 7 heteroatoms. The van der Waals surface area contributed by atoms with Gasteiger partial charge < -0.3 is 16.4 Å². The van der Waals surface area contributed by atoms with E-state index >= 15 is 0 Å². The van der Waals surface area contributed by atoms with E-state index in [0.717, 1.165) is 5.56 Å². The molecule has 4 N–H and O–H groups in total. The molecule has 2 heterocycles. The molecule has 1 spiro atoms. The van der Waals surface area contributed by atoms with Gasteiger partial charge in [-0.3, -0.25) is 9.59 Å². The number of halogens is 2. The lowest BCUT2D eigenvalue weighted by molar-refractivity contribution is -0.130. The number of hydrogen-bond acceptors (Lipinski definition) is 3. The highest BCUT2D eigenvalue weighted by molar-refractivity contribution is 6.31. The van der Waals surface area contributed by atoms with Crippen LogP contribution >= 0.6 is 23.2 Å². The Bertz CT molecular complexity index is 1040. The monoisotopic (exact) mass is 415 g/mol. The molecular formula is C21H19Cl2N3O2. The summed E-state index contributed by atoms with van der Waals surface area (Å²) in [5, 5.41) is 6.91. The van der Waals surface area contributed by atoms with Gasteiger partial charge in [0.25, 0.3) is 0 Å². The molecule has 144 valence electrons. The summed E-state index contributed by atoms with van der Waals surface area (Å²) in [7, 11) is 0. The summed E-state index contributed by atoms with van der Waals surface area (Å²) in [6.07, 6.45) is 0.101. The number of fused-ring (bicyclic) bond motifs is 2. The average molecular weight is 416 g/mol. The summed E-state index contributed by atoms with van der Waals surface area (Å²) in [5.74, 6) is -0.899. The van der Waals surface area contributed by atoms with Gasteiger partial charge in [0.15, 0.2) is 0 Å². The molecule has 0 bridgehead atoms. The van der Waals surface area contributed by atoms with Crippen LogP contribution < -0.4 is 16.4 Å². The van der Waals surface area contributed by atoms with Crippen LogP contribution in [0, 0.1) is 0 Å². The van der Waals surface area contributed by atoms with Crippen LogP contribution in [0.1, 0.15) is 30.4 Å². The zero-order valence-electron chi connectivity index (χ0n) is 15.2. The molecule has 0 radical (unpaired) electrons. The molecular weight excluding hydrogens is 397 g/mol. The Kier molecular flexibility index (Phi) is 4.40. The van der Waals surface area contributed by atoms with Crippen LogP contribution in [0.3, 0.4) is 0 Å². The van der Waals surface area contributed by atoms with Gasteiger partial charge in [0.05, 0.1) is 6.04 Å². The minimum Gasteiger partial charge on any atom is -0.398 e. The van der Waals surface area contributed by atoms with Gasteiger partial charge in [0, 0.05) is 33.8 Å². The average Bonchev–Trinajstić information content (AvgIpc) is 2.90. The normalized spacial score (nSPS) is 26.0. The quantitative estimate of drug-likeness (QED) is 0.511. The van der Waals surface area contributed by atoms with Crippen LogP contribution in [0.4, 0.5) is 11.4 Å². The number of nitrogen functional groups attached to an aromatic ring is 1. The van der Waals surface area contributed by atoms with E-state index in [0.29, 0.717) is 32.6 Å². The van der Waals surface area contributed by atoms with Crippen molar-refractivity contribution in [1.29, 1.82) is 0 Å². The molecule has 1 fully saturated rings. The van der Waals surface area contributed by atoms with Crippen molar-refractivity contribution >= 4 is 46.4 Å². The zero-order chi connectivity index (χ0) is 20.2. The Morgan fingerprint density at radius 2 is 1.86 bits per heavy atom. The maximum atomic E-state index is 13.5. The smallest absolute Gasteiger partial charge is 0.238 e. The van der Waals surface area contributed by atoms with Gasteiger partial charge in [0.2, 0.25) is 11.8 Å². The van der Waals surface area contributed by atoms with Crippen molar-refractivity contribution in [3.63, 3.8) is 0 Å². The van der Waals surface area contributed by atoms with Crippen molar-refractivity contribution in [2.75, 3.05) is 11.1 Å². The second-order valence-corrected chi connectivity index (χ2v) is 8.26. The van der Waals surface area contributed by atoms with E-state index in [9.17, 15) is 9.59 Å². The van der Waals surface area contributed by atoms with Crippen LogP contribution in [0.5, 0.6) is 0 Å². The van der Waals surface area contributed by atoms with Gasteiger partial charge >= 0.3 is 0 Å². The molecule has 2 aromatic carbocycles. The molecule has 3 atom stereocenters. The fraction of sp³-hybridized carbons (Fsp3) is 0.238. The summed E-state index contributed by atoms with van der Waals surface area (Å²) in [6.45, 7) is 5.85. The molecule has 2 aromatic rings. The summed E-state index contributed by atoms with van der Waals surface area (Å²) in [4.78, 5) is 26.1. The lowest BCUT2D eigenvalue weighted by Gasteiger charge is -2.46. The summed E-state index contributed by atoms with van der Waals surface area (Å²) < 4.78 is 0. The van der Waals surface area contributed by atoms with Gasteiger partial charge in [-0.2, -0.15) is 0 Å². The number of anilines is 2. The van der Waals surface area contributed by atoms with E-state index in [1.165, 1.54) is 0 Å². The molecule has 0 aromatic heterocycles. The van der Waals surface area contributed by atoms with E-state index in [-0.39, 0.29) is 18.2 Å². The standard InChI is InChI=1S/C21H19Cl2N3O2/c1-10(2)19-21(14-5-3-12(23)8-17(14)25-20(21)28)15(9-18(27)26-19)13-7-11(22)4-6-16(13)24/h3-8,15,19H,1,9,24H2,2H3,(H,25,28)(H,26,27). The van der Waals surface area contributed by atoms with Gasteiger partial charge in [-0.1, -0.05) is 41.4 Å². The third-order valence-corrected chi connectivity index (χ3v) is 6.14. The third kappa shape index (κ3) is 2.61. The first-order valence-electron chi connectivity index (χ1n) is 8.86. The number of nitrogens with two attached hydrogens (primary N) is 1. The van der Waals surface area contributed by atoms with E-state index in [1.807, 2.05) is 6.07 Å². The molecule has 2 aliphatic rings. The first-order chi connectivity index (χ1) is 13.2. The Morgan fingerprint density at radius 3 is 2.57 bits per heavy atom. The molecule has 1 saturated heterocycles. The SMILES string of the molecule is C=C(C)C1NC(=O)CC(c2cc(Cl)ccc2N)C12C(=O)Nc1cc(Cl)ccc12. The van der Waals surface area contributed by atoms with E-state index in [2.05, 4.69) is 17.2 Å². The van der Waals surface area contributed by atoms with Crippen molar-refractivity contribution in [3.8, 4) is 0 Å². The van der Waals surface area contributed by atoms with Gasteiger partial charge in [-0.05, 0) is 48.4 Å². The number of carbonyl (C=O) groups is 2. The number of carbonyl (C=O) groups excluding carboxylic acids is 2. The number of piperidine rings is 1. The van der Waals surface area contributed by atoms with Crippen LogP contribution in [0.15, 0.2) is 48.6 Å². The van der Waals surface area contributed by atoms with Crippen molar-refractivity contribution in [1.82, 2.24) is 5.32 Å². The fourth-order valence-electron chi connectivity index (χ4n) is 4.56. The minimum atomic E-state index is -1.10. The summed E-state index contributed by atoms with van der Waals surface area (Å²) in [5.41, 5.74) is 8.39. The molecule has 2 aliphatic heterocycles. The van der Waals surface area contributed by atoms with Crippen molar-refractivity contribution < 1.29 is 9.59 Å². The Morgan fingerprint density at radius 1 is 1.18 bits per heavy atom. The predicted molar refractivity (Wildman–Crippen MR) is 112 cm³/mol. The Labute approximate surface area is 172 Å². The Hall–Kier alpha value is -2.50. The third-order valence-electron chi connectivity index (χ3n) is 5.67. The number of benzene rings is 2. The van der Waals surface area contributed by atoms with E-state index in [1.54, 1.807) is 37.3 Å². The van der Waals surface area contributed by atoms with Crippen LogP contribution in [-0.4, -0.2) is 17.9 Å². The van der Waals surface area contributed by atoms with Gasteiger partial charge in [-0.25, -0.2) is 0 Å². The maximum Gasteiger partial charge on any atom is 0.238 e. The van der Waals surface area contributed by atoms with Crippen LogP contribution in [0.2, 0.25) is 10.0 Å². The summed E-state index contributed by atoms with van der Waals surface area (Å²) >= 11 is 12.4. The van der Waals surface area contributed by atoms with E-state index < -0.39 is 17.4 Å². The number of amides is 2. The maximum absolute atomic E-state index is 13.5. The second-order valence-electron chi connectivity index (χ2n) is 7.39. The van der Waals surface area contributed by atoms with Crippen molar-refractivity contribution in [2.45, 2.75) is 30.7 Å². The highest BCUT2D eigenvalue weighted by Crippen LogP contribution is 2.55. The van der Waals surface area contributed by atoms with Gasteiger partial charge in [-0.15, -0.1) is 0 Å². The molecule has 3 unspecified atom stereocenters. The molecule has 5 nitrogen and oxygen atoms in total. The van der Waals surface area contributed by atoms with Gasteiger partial charge in [0.1, 0.15) is 5.41 Å². The first-order valence-corrected chi connectivity index (χ1v) is 9.62. The Balaban J connectivity index is 2.04. The highest BCUT2D eigenvalue weighted by Gasteiger charge is 2.61. The molecule has 0 aliphatic carbocycles. The van der Waals surface area contributed by atoms with E-state index in [4.69, 9.17) is 28.9 Å². The first kappa shape index (κ1) is 18.8. The molecule has 4 rings (SSSR count). The highest BCUT2D eigenvalue weighted by atomic mass is 35.5.